The summed E-state index contributed by atoms with van der Waals surface area (Å²) in [5, 5.41) is 7.61. The van der Waals surface area contributed by atoms with Crippen molar-refractivity contribution in [1.29, 1.82) is 0 Å². The molecule has 8 nitrogen and oxygen atoms in total. The normalized spacial score (nSPS) is 15.9. The lowest BCUT2D eigenvalue weighted by atomic mass is 10.1. The summed E-state index contributed by atoms with van der Waals surface area (Å²) >= 11 is 1.50. The van der Waals surface area contributed by atoms with Crippen LogP contribution >= 0.6 is 11.3 Å². The predicted octanol–water partition coefficient (Wildman–Crippen LogP) is 3.51. The zero-order chi connectivity index (χ0) is 22.8. The molecule has 1 aliphatic rings. The van der Waals surface area contributed by atoms with Gasteiger partial charge < -0.3 is 19.5 Å². The number of carbonyl (C=O) groups is 2. The summed E-state index contributed by atoms with van der Waals surface area (Å²) in [5.74, 6) is -0.00757. The molecule has 9 heteroatoms. The van der Waals surface area contributed by atoms with E-state index in [0.29, 0.717) is 42.3 Å². The van der Waals surface area contributed by atoms with Gasteiger partial charge in [0.15, 0.2) is 0 Å². The number of hydrogen-bond donors (Lipinski definition) is 1. The van der Waals surface area contributed by atoms with Crippen molar-refractivity contribution < 1.29 is 18.8 Å². The second kappa shape index (κ2) is 9.22. The van der Waals surface area contributed by atoms with Gasteiger partial charge in [0.2, 0.25) is 0 Å². The number of ether oxygens (including phenoxy) is 1. The second-order valence-corrected chi connectivity index (χ2v) is 8.93. The summed E-state index contributed by atoms with van der Waals surface area (Å²) in [7, 11) is 0. The van der Waals surface area contributed by atoms with Crippen LogP contribution in [0.5, 0.6) is 0 Å². The number of benzene rings is 1. The fourth-order valence-corrected chi connectivity index (χ4v) is 4.74. The highest BCUT2D eigenvalue weighted by Gasteiger charge is 2.34. The fraction of sp³-hybridized carbons (Fsp3) is 0.391. The summed E-state index contributed by atoms with van der Waals surface area (Å²) in [5.41, 5.74) is 3.57. The SMILES string of the molecule is CCc1noc(C)c1C(=O)NCC1OCCN1C(=O)c1nc(C)sc1-c1cccc(C)c1. The van der Waals surface area contributed by atoms with Gasteiger partial charge in [0.1, 0.15) is 23.2 Å². The zero-order valence-corrected chi connectivity index (χ0v) is 19.4. The molecular weight excluding hydrogens is 428 g/mol. The van der Waals surface area contributed by atoms with Crippen LogP contribution in [0.1, 0.15) is 49.8 Å². The smallest absolute Gasteiger partial charge is 0.276 e. The average molecular weight is 455 g/mol. The van der Waals surface area contributed by atoms with E-state index in [9.17, 15) is 9.59 Å². The highest BCUT2D eigenvalue weighted by atomic mass is 32.1. The fourth-order valence-electron chi connectivity index (χ4n) is 3.83. The van der Waals surface area contributed by atoms with E-state index in [1.807, 2.05) is 39.0 Å². The minimum absolute atomic E-state index is 0.168. The number of hydrogen-bond acceptors (Lipinski definition) is 7. The number of rotatable bonds is 6. The van der Waals surface area contributed by atoms with E-state index in [0.717, 1.165) is 21.0 Å². The molecule has 168 valence electrons. The number of carbonyl (C=O) groups excluding carboxylic acids is 2. The molecule has 3 aromatic rings. The summed E-state index contributed by atoms with van der Waals surface area (Å²) in [6.07, 6.45) is 0.0271. The third-order valence-corrected chi connectivity index (χ3v) is 6.42. The van der Waals surface area contributed by atoms with E-state index in [1.54, 1.807) is 11.8 Å². The van der Waals surface area contributed by atoms with Crippen molar-refractivity contribution in [2.45, 2.75) is 40.3 Å². The first-order valence-corrected chi connectivity index (χ1v) is 11.4. The largest absolute Gasteiger partial charge is 0.361 e. The molecule has 0 saturated carbocycles. The van der Waals surface area contributed by atoms with Gasteiger partial charge in [-0.1, -0.05) is 41.9 Å². The van der Waals surface area contributed by atoms with Gasteiger partial charge in [-0.3, -0.25) is 9.59 Å². The molecule has 32 heavy (non-hydrogen) atoms. The molecule has 0 spiro atoms. The van der Waals surface area contributed by atoms with Crippen LogP contribution in [0, 0.1) is 20.8 Å². The second-order valence-electron chi connectivity index (χ2n) is 7.73. The Hall–Kier alpha value is -3.04. The Kier molecular flexibility index (Phi) is 6.38. The molecule has 1 unspecified atom stereocenters. The van der Waals surface area contributed by atoms with Crippen molar-refractivity contribution >= 4 is 23.2 Å². The minimum atomic E-state index is -0.566. The van der Waals surface area contributed by atoms with Gasteiger partial charge in [0, 0.05) is 6.54 Å². The highest BCUT2D eigenvalue weighted by molar-refractivity contribution is 7.15. The Morgan fingerprint density at radius 1 is 1.28 bits per heavy atom. The molecule has 1 saturated heterocycles. The van der Waals surface area contributed by atoms with Crippen molar-refractivity contribution in [2.75, 3.05) is 19.7 Å². The van der Waals surface area contributed by atoms with E-state index in [-0.39, 0.29) is 18.4 Å². The maximum Gasteiger partial charge on any atom is 0.276 e. The molecule has 2 amide bonds. The van der Waals surface area contributed by atoms with Crippen molar-refractivity contribution in [3.63, 3.8) is 0 Å². The molecule has 0 aliphatic carbocycles. The Morgan fingerprint density at radius 2 is 2.09 bits per heavy atom. The molecule has 0 bridgehead atoms. The maximum absolute atomic E-state index is 13.4. The Bertz CT molecular complexity index is 1150. The lowest BCUT2D eigenvalue weighted by molar-refractivity contribution is 0.0276. The monoisotopic (exact) mass is 454 g/mol. The topological polar surface area (TPSA) is 97.6 Å². The Morgan fingerprint density at radius 3 is 2.84 bits per heavy atom. The summed E-state index contributed by atoms with van der Waals surface area (Å²) in [4.78, 5) is 33.1. The third kappa shape index (κ3) is 4.31. The van der Waals surface area contributed by atoms with E-state index in [1.165, 1.54) is 11.3 Å². The van der Waals surface area contributed by atoms with Gasteiger partial charge in [0.25, 0.3) is 11.8 Å². The number of amides is 2. The first-order valence-electron chi connectivity index (χ1n) is 10.6. The average Bonchev–Trinajstić information content (AvgIpc) is 3.49. The molecule has 4 rings (SSSR count). The van der Waals surface area contributed by atoms with Gasteiger partial charge in [0.05, 0.1) is 28.7 Å². The number of nitrogens with zero attached hydrogens (tertiary/aromatic N) is 3. The minimum Gasteiger partial charge on any atom is -0.361 e. The molecule has 1 aromatic carbocycles. The number of nitrogens with one attached hydrogen (secondary N) is 1. The van der Waals surface area contributed by atoms with Gasteiger partial charge in [-0.2, -0.15) is 0 Å². The molecule has 1 N–H and O–H groups in total. The summed E-state index contributed by atoms with van der Waals surface area (Å²) < 4.78 is 10.9. The van der Waals surface area contributed by atoms with Crippen molar-refractivity contribution in [3.05, 3.63) is 57.5 Å². The standard InChI is InChI=1S/C23H26N4O4S/c1-5-17-19(14(3)31-26-17)22(28)24-12-18-27(9-10-30-18)23(29)20-21(32-15(4)25-20)16-8-6-7-13(2)11-16/h6-8,11,18H,5,9-10,12H2,1-4H3,(H,24,28). The third-order valence-electron chi connectivity index (χ3n) is 5.40. The van der Waals surface area contributed by atoms with Gasteiger partial charge in [-0.05, 0) is 32.8 Å². The van der Waals surface area contributed by atoms with Crippen molar-refractivity contribution in [1.82, 2.24) is 20.4 Å². The van der Waals surface area contributed by atoms with Crippen LogP contribution in [0.4, 0.5) is 0 Å². The molecule has 2 aromatic heterocycles. The lowest BCUT2D eigenvalue weighted by Crippen LogP contribution is -2.44. The molecule has 3 heterocycles. The van der Waals surface area contributed by atoms with E-state index < -0.39 is 6.23 Å². The van der Waals surface area contributed by atoms with E-state index in [4.69, 9.17) is 9.26 Å². The van der Waals surface area contributed by atoms with Crippen molar-refractivity contribution in [3.8, 4) is 10.4 Å². The van der Waals surface area contributed by atoms with Gasteiger partial charge in [-0.15, -0.1) is 11.3 Å². The Labute approximate surface area is 190 Å². The van der Waals surface area contributed by atoms with Crippen LogP contribution < -0.4 is 5.32 Å². The first-order chi connectivity index (χ1) is 15.4. The van der Waals surface area contributed by atoms with Crippen LogP contribution in [-0.2, 0) is 11.2 Å². The van der Waals surface area contributed by atoms with Crippen LogP contribution in [0.3, 0.4) is 0 Å². The molecule has 1 aliphatic heterocycles. The van der Waals surface area contributed by atoms with Gasteiger partial charge in [-0.25, -0.2) is 4.98 Å². The lowest BCUT2D eigenvalue weighted by Gasteiger charge is -2.23. The summed E-state index contributed by atoms with van der Waals surface area (Å²) in [6.45, 7) is 8.55. The highest BCUT2D eigenvalue weighted by Crippen LogP contribution is 2.32. The van der Waals surface area contributed by atoms with Crippen LogP contribution in [0.25, 0.3) is 10.4 Å². The molecule has 0 radical (unpaired) electrons. The summed E-state index contributed by atoms with van der Waals surface area (Å²) in [6, 6.07) is 8.03. The maximum atomic E-state index is 13.4. The zero-order valence-electron chi connectivity index (χ0n) is 18.6. The number of aryl methyl sites for hydroxylation is 4. The van der Waals surface area contributed by atoms with Gasteiger partial charge >= 0.3 is 0 Å². The van der Waals surface area contributed by atoms with E-state index >= 15 is 0 Å². The quantitative estimate of drug-likeness (QED) is 0.612. The predicted molar refractivity (Wildman–Crippen MR) is 121 cm³/mol. The molecular formula is C23H26N4O4S. The molecule has 1 fully saturated rings. The van der Waals surface area contributed by atoms with Crippen LogP contribution in [-0.4, -0.2) is 52.8 Å². The van der Waals surface area contributed by atoms with E-state index in [2.05, 4.69) is 21.5 Å². The number of aromatic nitrogens is 2. The Balaban J connectivity index is 1.51. The van der Waals surface area contributed by atoms with Crippen molar-refractivity contribution in [2.24, 2.45) is 0 Å². The first kappa shape index (κ1) is 22.2. The van der Waals surface area contributed by atoms with Crippen LogP contribution in [0.2, 0.25) is 0 Å². The van der Waals surface area contributed by atoms with Crippen LogP contribution in [0.15, 0.2) is 28.8 Å². The number of thiazole rings is 1. The molecule has 1 atom stereocenters.